The van der Waals surface area contributed by atoms with Gasteiger partial charge in [0.2, 0.25) is 5.91 Å². The summed E-state index contributed by atoms with van der Waals surface area (Å²) in [7, 11) is 0. The van der Waals surface area contributed by atoms with Gasteiger partial charge in [-0.1, -0.05) is 60.2 Å². The molecule has 0 unspecified atom stereocenters. The molecule has 0 saturated carbocycles. The summed E-state index contributed by atoms with van der Waals surface area (Å²) in [4.78, 5) is 25.1. The highest BCUT2D eigenvalue weighted by Gasteiger charge is 2.23. The number of H-pyrrole nitrogens is 1. The predicted octanol–water partition coefficient (Wildman–Crippen LogP) is 2.76. The van der Waals surface area contributed by atoms with E-state index >= 15 is 0 Å². The third kappa shape index (κ3) is 4.57. The maximum atomic E-state index is 12.7. The number of benzene rings is 2. The van der Waals surface area contributed by atoms with Crippen LogP contribution in [0.1, 0.15) is 22.7 Å². The number of nitrogens with zero attached hydrogens (tertiary/aromatic N) is 1. The summed E-state index contributed by atoms with van der Waals surface area (Å²) in [5.74, 6) is -0.0797. The van der Waals surface area contributed by atoms with Crippen molar-refractivity contribution in [3.8, 4) is 0 Å². The van der Waals surface area contributed by atoms with Crippen LogP contribution in [-0.2, 0) is 16.0 Å². The molecule has 3 rings (SSSR count). The minimum Gasteiger partial charge on any atom is -0.340 e. The summed E-state index contributed by atoms with van der Waals surface area (Å²) in [6.45, 7) is 2.00. The quantitative estimate of drug-likeness (QED) is 0.640. The average Bonchev–Trinajstić information content (AvgIpc) is 3.15. The van der Waals surface area contributed by atoms with Gasteiger partial charge < -0.3 is 10.6 Å². The van der Waals surface area contributed by atoms with Crippen molar-refractivity contribution in [3.63, 3.8) is 0 Å². The highest BCUT2D eigenvalue weighted by molar-refractivity contribution is 5.97. The normalized spacial score (nSPS) is 11.6. The molecule has 1 heterocycles. The Morgan fingerprint density at radius 3 is 2.42 bits per heavy atom. The fourth-order valence-corrected chi connectivity index (χ4v) is 2.58. The van der Waals surface area contributed by atoms with E-state index in [-0.39, 0.29) is 18.2 Å². The van der Waals surface area contributed by atoms with Gasteiger partial charge in [-0.2, -0.15) is 5.10 Å². The van der Waals surface area contributed by atoms with E-state index in [9.17, 15) is 9.59 Å². The van der Waals surface area contributed by atoms with Crippen molar-refractivity contribution in [2.45, 2.75) is 19.4 Å². The topological polar surface area (TPSA) is 86.9 Å². The first-order chi connectivity index (χ1) is 12.6. The van der Waals surface area contributed by atoms with E-state index in [1.165, 1.54) is 0 Å². The number of carbonyl (C=O) groups excluding carboxylic acids is 2. The summed E-state index contributed by atoms with van der Waals surface area (Å²) in [6.07, 6.45) is 1.75. The van der Waals surface area contributed by atoms with E-state index < -0.39 is 6.04 Å². The standard InChI is InChI=1S/C20H20N4O2/c1-14-7-9-15(10-8-14)13-18(25)23-19(16-5-3-2-4-6-16)20(26)22-17-11-12-21-24-17/h2-12,19H,13H2,1H3,(H,23,25)(H2,21,22,24,26)/t19-/m0/s1. The average molecular weight is 348 g/mol. The number of hydrogen-bond acceptors (Lipinski definition) is 3. The number of anilines is 1. The zero-order valence-electron chi connectivity index (χ0n) is 14.4. The molecule has 0 aliphatic heterocycles. The maximum absolute atomic E-state index is 12.7. The molecule has 0 fully saturated rings. The summed E-state index contributed by atoms with van der Waals surface area (Å²) in [5, 5.41) is 12.0. The Morgan fingerprint density at radius 2 is 1.77 bits per heavy atom. The molecule has 0 aliphatic carbocycles. The first-order valence-corrected chi connectivity index (χ1v) is 8.32. The van der Waals surface area contributed by atoms with Crippen molar-refractivity contribution in [1.29, 1.82) is 0 Å². The van der Waals surface area contributed by atoms with Crippen LogP contribution in [0.25, 0.3) is 0 Å². The molecule has 26 heavy (non-hydrogen) atoms. The van der Waals surface area contributed by atoms with E-state index in [0.717, 1.165) is 11.1 Å². The lowest BCUT2D eigenvalue weighted by Crippen LogP contribution is -2.37. The zero-order chi connectivity index (χ0) is 18.4. The van der Waals surface area contributed by atoms with E-state index in [4.69, 9.17) is 0 Å². The number of nitrogens with one attached hydrogen (secondary N) is 3. The monoisotopic (exact) mass is 348 g/mol. The van der Waals surface area contributed by atoms with E-state index in [1.54, 1.807) is 12.3 Å². The smallest absolute Gasteiger partial charge is 0.252 e. The molecule has 132 valence electrons. The molecule has 0 saturated heterocycles. The highest BCUT2D eigenvalue weighted by Crippen LogP contribution is 2.16. The molecule has 0 aliphatic rings. The van der Waals surface area contributed by atoms with Crippen LogP contribution in [0.4, 0.5) is 5.82 Å². The van der Waals surface area contributed by atoms with Crippen LogP contribution in [0.5, 0.6) is 0 Å². The van der Waals surface area contributed by atoms with Crippen molar-refractivity contribution in [3.05, 3.63) is 83.6 Å². The Bertz CT molecular complexity index is 859. The molecule has 0 spiro atoms. The Labute approximate surface area is 151 Å². The van der Waals surface area contributed by atoms with Gasteiger partial charge in [-0.05, 0) is 18.1 Å². The van der Waals surface area contributed by atoms with Gasteiger partial charge >= 0.3 is 0 Å². The Kier molecular flexibility index (Phi) is 5.43. The highest BCUT2D eigenvalue weighted by atomic mass is 16.2. The largest absolute Gasteiger partial charge is 0.340 e. The molecule has 2 amide bonds. The minimum atomic E-state index is -0.794. The lowest BCUT2D eigenvalue weighted by molar-refractivity contribution is -0.126. The second-order valence-electron chi connectivity index (χ2n) is 6.03. The molecule has 1 atom stereocenters. The number of aromatic nitrogens is 2. The van der Waals surface area contributed by atoms with Crippen molar-refractivity contribution >= 4 is 17.6 Å². The number of carbonyl (C=O) groups is 2. The molecule has 6 nitrogen and oxygen atoms in total. The molecule has 6 heteroatoms. The molecule has 0 radical (unpaired) electrons. The van der Waals surface area contributed by atoms with Crippen LogP contribution in [0.3, 0.4) is 0 Å². The first-order valence-electron chi connectivity index (χ1n) is 8.32. The van der Waals surface area contributed by atoms with Crippen LogP contribution in [0, 0.1) is 6.92 Å². The van der Waals surface area contributed by atoms with Crippen LogP contribution in [-0.4, -0.2) is 22.0 Å². The fourth-order valence-electron chi connectivity index (χ4n) is 2.58. The summed E-state index contributed by atoms with van der Waals surface area (Å²) in [5.41, 5.74) is 2.74. The summed E-state index contributed by atoms with van der Waals surface area (Å²) >= 11 is 0. The third-order valence-corrected chi connectivity index (χ3v) is 3.94. The van der Waals surface area contributed by atoms with Gasteiger partial charge in [0.1, 0.15) is 11.9 Å². The van der Waals surface area contributed by atoms with Crippen molar-refractivity contribution in [1.82, 2.24) is 15.5 Å². The molecular weight excluding hydrogens is 328 g/mol. The second-order valence-corrected chi connectivity index (χ2v) is 6.03. The Hall–Kier alpha value is -3.41. The van der Waals surface area contributed by atoms with Crippen LogP contribution >= 0.6 is 0 Å². The van der Waals surface area contributed by atoms with E-state index in [2.05, 4.69) is 20.8 Å². The SMILES string of the molecule is Cc1ccc(CC(=O)N[C@H](C(=O)Nc2ccn[nH]2)c2ccccc2)cc1. The second kappa shape index (κ2) is 8.11. The number of aryl methyl sites for hydroxylation is 1. The van der Waals surface area contributed by atoms with Gasteiger partial charge in [-0.3, -0.25) is 14.7 Å². The Morgan fingerprint density at radius 1 is 1.04 bits per heavy atom. The van der Waals surface area contributed by atoms with Gasteiger partial charge in [0.15, 0.2) is 0 Å². The summed E-state index contributed by atoms with van der Waals surface area (Å²) < 4.78 is 0. The van der Waals surface area contributed by atoms with E-state index in [0.29, 0.717) is 11.4 Å². The molecular formula is C20H20N4O2. The van der Waals surface area contributed by atoms with Gasteiger partial charge in [-0.25, -0.2) is 0 Å². The fraction of sp³-hybridized carbons (Fsp3) is 0.150. The predicted molar refractivity (Wildman–Crippen MR) is 99.4 cm³/mol. The number of hydrogen-bond donors (Lipinski definition) is 3. The van der Waals surface area contributed by atoms with Crippen LogP contribution in [0.2, 0.25) is 0 Å². The van der Waals surface area contributed by atoms with Crippen molar-refractivity contribution in [2.75, 3.05) is 5.32 Å². The number of aromatic amines is 1. The maximum Gasteiger partial charge on any atom is 0.252 e. The van der Waals surface area contributed by atoms with Gasteiger partial charge in [0, 0.05) is 6.07 Å². The van der Waals surface area contributed by atoms with E-state index in [1.807, 2.05) is 61.5 Å². The van der Waals surface area contributed by atoms with Crippen molar-refractivity contribution < 1.29 is 9.59 Å². The van der Waals surface area contributed by atoms with Crippen molar-refractivity contribution in [2.24, 2.45) is 0 Å². The lowest BCUT2D eigenvalue weighted by Gasteiger charge is -2.18. The number of rotatable bonds is 6. The zero-order valence-corrected chi connectivity index (χ0v) is 14.4. The third-order valence-electron chi connectivity index (χ3n) is 3.94. The van der Waals surface area contributed by atoms with Crippen LogP contribution in [0.15, 0.2) is 66.9 Å². The van der Waals surface area contributed by atoms with Gasteiger partial charge in [0.05, 0.1) is 12.6 Å². The minimum absolute atomic E-state index is 0.209. The molecule has 3 aromatic rings. The first kappa shape index (κ1) is 17.4. The van der Waals surface area contributed by atoms with Gasteiger partial charge in [0.25, 0.3) is 5.91 Å². The number of amides is 2. The molecule has 3 N–H and O–H groups in total. The lowest BCUT2D eigenvalue weighted by atomic mass is 10.0. The summed E-state index contributed by atoms with van der Waals surface area (Å²) in [6, 6.07) is 17.7. The molecule has 1 aromatic heterocycles. The Balaban J connectivity index is 1.73. The van der Waals surface area contributed by atoms with Crippen LogP contribution < -0.4 is 10.6 Å². The molecule has 0 bridgehead atoms. The molecule has 2 aromatic carbocycles. The van der Waals surface area contributed by atoms with Gasteiger partial charge in [-0.15, -0.1) is 0 Å².